The number of carbonyl (C=O) groups is 2. The molecule has 0 aromatic rings. The zero-order valence-corrected chi connectivity index (χ0v) is 58.3. The number of esters is 1. The molecule has 6 N–H and O–H groups in total. The van der Waals surface area contributed by atoms with Crippen LogP contribution in [-0.4, -0.2) is 100 Å². The van der Waals surface area contributed by atoms with E-state index < -0.39 is 49.5 Å². The number of amides is 1. The SMILES string of the molecule is C/C=C/CC/C=C/CC/C=C/C(O)C(COC1OC(CO)C(O)C(O)C1O)NC(=O)CCCCCCCCCCCCCCCCCCC/C=C\C/C=C\CCCCCCCCCCCCCOC(=O)CCCCCCCCC/C=C\CCCCCCCCC. The van der Waals surface area contributed by atoms with E-state index in [0.717, 1.165) is 70.6 Å². The average molecular weight is 1270 g/mol. The van der Waals surface area contributed by atoms with Crippen LogP contribution in [0.4, 0.5) is 0 Å². The van der Waals surface area contributed by atoms with Crippen molar-refractivity contribution >= 4 is 11.9 Å². The predicted octanol–water partition coefficient (Wildman–Crippen LogP) is 20.2. The fourth-order valence-electron chi connectivity index (χ4n) is 11.9. The summed E-state index contributed by atoms with van der Waals surface area (Å²) in [5, 5.41) is 54.3. The third kappa shape index (κ3) is 55.5. The monoisotopic (exact) mass is 1270 g/mol. The maximum atomic E-state index is 13.0. The Balaban J connectivity index is 1.88. The first-order chi connectivity index (χ1) is 44.2. The van der Waals surface area contributed by atoms with Crippen molar-refractivity contribution < 1.29 is 49.3 Å². The summed E-state index contributed by atoms with van der Waals surface area (Å²) in [7, 11) is 0. The van der Waals surface area contributed by atoms with Gasteiger partial charge in [0.05, 0.1) is 32.0 Å². The minimum Gasteiger partial charge on any atom is -0.466 e. The van der Waals surface area contributed by atoms with E-state index in [-0.39, 0.29) is 18.5 Å². The minimum absolute atomic E-state index is 0.00672. The number of hydrogen-bond donors (Lipinski definition) is 6. The fraction of sp³-hybridized carbons (Fsp3) is 0.823. The molecule has 1 rings (SSSR count). The number of ether oxygens (including phenoxy) is 3. The Hall–Kier alpha value is -2.90. The van der Waals surface area contributed by atoms with Crippen molar-refractivity contribution in [3.05, 3.63) is 72.9 Å². The molecule has 7 unspecified atom stereocenters. The van der Waals surface area contributed by atoms with Gasteiger partial charge in [0.1, 0.15) is 24.4 Å². The molecule has 1 aliphatic heterocycles. The first-order valence-corrected chi connectivity index (χ1v) is 38.2. The quantitative estimate of drug-likeness (QED) is 0.0195. The van der Waals surface area contributed by atoms with Crippen LogP contribution in [0.15, 0.2) is 72.9 Å². The molecule has 1 fully saturated rings. The van der Waals surface area contributed by atoms with Crippen LogP contribution >= 0.6 is 0 Å². The van der Waals surface area contributed by atoms with Gasteiger partial charge in [0.25, 0.3) is 0 Å². The van der Waals surface area contributed by atoms with E-state index in [1.54, 1.807) is 6.08 Å². The molecule has 1 amide bonds. The Kier molecular flexibility index (Phi) is 63.9. The molecule has 1 saturated heterocycles. The molecule has 0 bridgehead atoms. The molecule has 0 spiro atoms. The standard InChI is InChI=1S/C79H143NO10/c1-3-5-7-9-11-13-14-15-16-17-38-41-44-47-51-55-59-63-67-75(84)88-68-64-60-56-52-48-45-42-39-36-34-32-30-28-26-24-22-20-18-19-21-23-25-27-29-31-33-35-37-40-43-46-50-54-58-62-66-74(83)80-71(72(82)65-61-57-53-49-12-10-8-6-4-2)70-89-79-78(87)77(86)76(85)73(69-81)90-79/h4,6,12,16-17,20,22,26,28,49,61,65,71-73,76-79,81-82,85-87H,3,5,7-11,13-15,18-19,21,23-25,27,29-48,50-60,62-64,66-70H2,1-2H3,(H,80,83)/b6-4+,17-16-,22-20-,28-26-,49-12+,65-61+. The van der Waals surface area contributed by atoms with Gasteiger partial charge in [-0.25, -0.2) is 0 Å². The van der Waals surface area contributed by atoms with Crippen molar-refractivity contribution in [1.82, 2.24) is 5.32 Å². The lowest BCUT2D eigenvalue weighted by atomic mass is 9.99. The van der Waals surface area contributed by atoms with E-state index in [9.17, 15) is 35.1 Å². The smallest absolute Gasteiger partial charge is 0.305 e. The van der Waals surface area contributed by atoms with Crippen molar-refractivity contribution in [3.63, 3.8) is 0 Å². The molecule has 11 nitrogen and oxygen atoms in total. The van der Waals surface area contributed by atoms with E-state index in [2.05, 4.69) is 66.9 Å². The lowest BCUT2D eigenvalue weighted by Crippen LogP contribution is -2.60. The molecule has 1 heterocycles. The highest BCUT2D eigenvalue weighted by molar-refractivity contribution is 5.76. The van der Waals surface area contributed by atoms with Crippen molar-refractivity contribution in [2.75, 3.05) is 19.8 Å². The third-order valence-electron chi connectivity index (χ3n) is 17.8. The van der Waals surface area contributed by atoms with Gasteiger partial charge >= 0.3 is 5.97 Å². The summed E-state index contributed by atoms with van der Waals surface area (Å²) in [5.41, 5.74) is 0. The van der Waals surface area contributed by atoms with Crippen molar-refractivity contribution in [1.29, 1.82) is 0 Å². The summed E-state index contributed by atoms with van der Waals surface area (Å²) in [6, 6.07) is -0.833. The average Bonchev–Trinajstić information content (AvgIpc) is 0.957. The normalized spacial score (nSPS) is 18.1. The molecular weight excluding hydrogens is 1120 g/mol. The second-order valence-electron chi connectivity index (χ2n) is 26.3. The summed E-state index contributed by atoms with van der Waals surface area (Å²) < 4.78 is 16.7. The molecule has 1 aliphatic rings. The van der Waals surface area contributed by atoms with E-state index in [1.165, 1.54) is 257 Å². The topological polar surface area (TPSA) is 175 Å². The van der Waals surface area contributed by atoms with Crippen LogP contribution in [0.25, 0.3) is 0 Å². The van der Waals surface area contributed by atoms with Crippen LogP contribution in [0.1, 0.15) is 354 Å². The molecule has 11 heteroatoms. The van der Waals surface area contributed by atoms with Gasteiger partial charge in [0.15, 0.2) is 6.29 Å². The van der Waals surface area contributed by atoms with E-state index in [0.29, 0.717) is 19.4 Å². The third-order valence-corrected chi connectivity index (χ3v) is 17.8. The Bertz CT molecular complexity index is 1730. The van der Waals surface area contributed by atoms with Gasteiger partial charge in [0.2, 0.25) is 5.91 Å². The van der Waals surface area contributed by atoms with Crippen LogP contribution in [0, 0.1) is 0 Å². The molecule has 0 aromatic heterocycles. The zero-order chi connectivity index (χ0) is 65.1. The van der Waals surface area contributed by atoms with Crippen LogP contribution in [-0.2, 0) is 23.8 Å². The molecule has 524 valence electrons. The fourth-order valence-corrected chi connectivity index (χ4v) is 11.9. The number of aliphatic hydroxyl groups is 5. The van der Waals surface area contributed by atoms with Crippen LogP contribution < -0.4 is 5.32 Å². The maximum Gasteiger partial charge on any atom is 0.305 e. The number of carbonyl (C=O) groups excluding carboxylic acids is 2. The van der Waals surface area contributed by atoms with E-state index in [4.69, 9.17) is 14.2 Å². The van der Waals surface area contributed by atoms with Crippen molar-refractivity contribution in [3.8, 4) is 0 Å². The highest BCUT2D eigenvalue weighted by Crippen LogP contribution is 2.23. The second-order valence-corrected chi connectivity index (χ2v) is 26.3. The van der Waals surface area contributed by atoms with Gasteiger partial charge in [0, 0.05) is 12.8 Å². The van der Waals surface area contributed by atoms with E-state index >= 15 is 0 Å². The van der Waals surface area contributed by atoms with Crippen molar-refractivity contribution in [2.24, 2.45) is 0 Å². The Morgan fingerprint density at radius 2 is 0.800 bits per heavy atom. The van der Waals surface area contributed by atoms with Gasteiger partial charge in [-0.05, 0) is 110 Å². The van der Waals surface area contributed by atoms with Gasteiger partial charge in [-0.1, -0.05) is 305 Å². The number of aliphatic hydroxyl groups excluding tert-OH is 5. The van der Waals surface area contributed by atoms with Gasteiger partial charge in [-0.3, -0.25) is 9.59 Å². The van der Waals surface area contributed by atoms with Crippen molar-refractivity contribution in [2.45, 2.75) is 397 Å². The molecule has 0 aliphatic carbocycles. The first-order valence-electron chi connectivity index (χ1n) is 38.2. The number of rotatable bonds is 67. The second kappa shape index (κ2) is 67.5. The zero-order valence-electron chi connectivity index (χ0n) is 58.3. The lowest BCUT2D eigenvalue weighted by Gasteiger charge is -2.40. The van der Waals surface area contributed by atoms with Crippen LogP contribution in [0.5, 0.6) is 0 Å². The van der Waals surface area contributed by atoms with Crippen LogP contribution in [0.3, 0.4) is 0 Å². The summed E-state index contributed by atoms with van der Waals surface area (Å²) in [6.45, 7) is 4.11. The number of nitrogens with one attached hydrogen (secondary N) is 1. The summed E-state index contributed by atoms with van der Waals surface area (Å²) in [4.78, 5) is 25.1. The highest BCUT2D eigenvalue weighted by Gasteiger charge is 2.44. The highest BCUT2D eigenvalue weighted by atomic mass is 16.7. The maximum absolute atomic E-state index is 13.0. The number of hydrogen-bond acceptors (Lipinski definition) is 10. The molecule has 0 radical (unpaired) electrons. The molecular formula is C79H143NO10. The molecule has 0 saturated carbocycles. The summed E-state index contributed by atoms with van der Waals surface area (Å²) in [5.74, 6) is -0.190. The summed E-state index contributed by atoms with van der Waals surface area (Å²) in [6.07, 6.45) is 82.5. The van der Waals surface area contributed by atoms with Gasteiger partial charge in [-0.2, -0.15) is 0 Å². The largest absolute Gasteiger partial charge is 0.466 e. The van der Waals surface area contributed by atoms with Gasteiger partial charge in [-0.15, -0.1) is 0 Å². The molecule has 0 aromatic carbocycles. The van der Waals surface area contributed by atoms with Crippen LogP contribution in [0.2, 0.25) is 0 Å². The molecule has 90 heavy (non-hydrogen) atoms. The molecule has 7 atom stereocenters. The minimum atomic E-state index is -1.58. The Morgan fingerprint density at radius 1 is 0.433 bits per heavy atom. The summed E-state index contributed by atoms with van der Waals surface area (Å²) >= 11 is 0. The number of unbranched alkanes of at least 4 members (excludes halogenated alkanes) is 44. The Morgan fingerprint density at radius 3 is 1.23 bits per heavy atom. The predicted molar refractivity (Wildman–Crippen MR) is 380 cm³/mol. The van der Waals surface area contributed by atoms with E-state index in [1.807, 2.05) is 19.1 Å². The van der Waals surface area contributed by atoms with Gasteiger partial charge < -0.3 is 45.1 Å². The number of allylic oxidation sites excluding steroid dienone is 11. The lowest BCUT2D eigenvalue weighted by molar-refractivity contribution is -0.302. The Labute approximate surface area is 553 Å². The first kappa shape index (κ1) is 85.1.